The van der Waals surface area contributed by atoms with Gasteiger partial charge < -0.3 is 19.7 Å². The van der Waals surface area contributed by atoms with E-state index < -0.39 is 0 Å². The van der Waals surface area contributed by atoms with Gasteiger partial charge in [0.25, 0.3) is 0 Å². The Labute approximate surface area is 159 Å². The van der Waals surface area contributed by atoms with Gasteiger partial charge in [-0.15, -0.1) is 0 Å². The third-order valence-corrected chi connectivity index (χ3v) is 4.47. The molecule has 1 aliphatic heterocycles. The average molecular weight is 368 g/mol. The first kappa shape index (κ1) is 18.8. The fourth-order valence-electron chi connectivity index (χ4n) is 2.99. The molecule has 0 bridgehead atoms. The highest BCUT2D eigenvalue weighted by atomic mass is 16.7. The largest absolute Gasteiger partial charge is 0.454 e. The molecule has 0 aliphatic carbocycles. The number of hydrogen-bond acceptors (Lipinski definition) is 5. The lowest BCUT2D eigenvalue weighted by atomic mass is 10.1. The molecule has 1 N–H and O–H groups in total. The number of rotatable bonds is 6. The topological polar surface area (TPSA) is 67.9 Å². The lowest BCUT2D eigenvalue weighted by Crippen LogP contribution is -2.38. The number of ketones is 1. The van der Waals surface area contributed by atoms with Crippen LogP contribution in [-0.2, 0) is 4.79 Å². The highest BCUT2D eigenvalue weighted by Crippen LogP contribution is 2.37. The molecule has 6 nitrogen and oxygen atoms in total. The molecule has 0 fully saturated rings. The van der Waals surface area contributed by atoms with Crippen molar-refractivity contribution in [2.75, 3.05) is 23.6 Å². The van der Waals surface area contributed by atoms with Crippen LogP contribution in [0.25, 0.3) is 0 Å². The maximum Gasteiger partial charge on any atom is 0.243 e. The Balaban J connectivity index is 1.80. The molecule has 0 saturated carbocycles. The smallest absolute Gasteiger partial charge is 0.243 e. The zero-order valence-electron chi connectivity index (χ0n) is 16.0. The molecule has 0 saturated heterocycles. The minimum atomic E-state index is -0.203. The molecule has 1 heterocycles. The van der Waals surface area contributed by atoms with Crippen LogP contribution in [0.5, 0.6) is 11.5 Å². The fourth-order valence-corrected chi connectivity index (χ4v) is 2.99. The first-order chi connectivity index (χ1) is 12.8. The predicted octanol–water partition coefficient (Wildman–Crippen LogP) is 3.78. The second-order valence-corrected chi connectivity index (χ2v) is 6.91. The SMILES string of the molecule is CC(=O)c1cc2c(cc1NC(=O)CN(c1ccc(C)cc1)C(C)C)OCO2. The van der Waals surface area contributed by atoms with E-state index in [2.05, 4.69) is 5.32 Å². The molecular formula is C21H24N2O4. The van der Waals surface area contributed by atoms with Gasteiger partial charge in [0.1, 0.15) is 0 Å². The number of hydrogen-bond donors (Lipinski definition) is 1. The van der Waals surface area contributed by atoms with E-state index in [0.717, 1.165) is 5.69 Å². The van der Waals surface area contributed by atoms with Gasteiger partial charge in [-0.2, -0.15) is 0 Å². The van der Waals surface area contributed by atoms with Crippen molar-refractivity contribution in [3.63, 3.8) is 0 Å². The molecule has 1 aliphatic rings. The van der Waals surface area contributed by atoms with Gasteiger partial charge in [-0.25, -0.2) is 0 Å². The van der Waals surface area contributed by atoms with Gasteiger partial charge in [-0.1, -0.05) is 17.7 Å². The number of aryl methyl sites for hydroxylation is 1. The molecular weight excluding hydrogens is 344 g/mol. The van der Waals surface area contributed by atoms with Crippen molar-refractivity contribution in [2.45, 2.75) is 33.7 Å². The van der Waals surface area contributed by atoms with Crippen LogP contribution in [0.15, 0.2) is 36.4 Å². The summed E-state index contributed by atoms with van der Waals surface area (Å²) in [6, 6.07) is 11.4. The number of anilines is 2. The van der Waals surface area contributed by atoms with E-state index in [1.54, 1.807) is 12.1 Å². The second kappa shape index (κ2) is 7.70. The van der Waals surface area contributed by atoms with Crippen molar-refractivity contribution in [3.8, 4) is 11.5 Å². The Bertz CT molecular complexity index is 859. The highest BCUT2D eigenvalue weighted by Gasteiger charge is 2.21. The Morgan fingerprint density at radius 2 is 1.74 bits per heavy atom. The van der Waals surface area contributed by atoms with Gasteiger partial charge in [0.05, 0.1) is 12.2 Å². The van der Waals surface area contributed by atoms with Crippen molar-refractivity contribution in [1.82, 2.24) is 0 Å². The summed E-state index contributed by atoms with van der Waals surface area (Å²) < 4.78 is 10.7. The molecule has 27 heavy (non-hydrogen) atoms. The summed E-state index contributed by atoms with van der Waals surface area (Å²) >= 11 is 0. The Kier molecular flexibility index (Phi) is 5.35. The standard InChI is InChI=1S/C21H24N2O4/c1-13(2)23(16-7-5-14(3)6-8-16)11-21(25)22-18-10-20-19(26-12-27-20)9-17(18)15(4)24/h5-10,13H,11-12H2,1-4H3,(H,22,25). The Morgan fingerprint density at radius 3 is 2.33 bits per heavy atom. The molecule has 3 rings (SSSR count). The summed E-state index contributed by atoms with van der Waals surface area (Å²) in [4.78, 5) is 26.7. The summed E-state index contributed by atoms with van der Waals surface area (Å²) in [6.45, 7) is 7.84. The normalized spacial score (nSPS) is 12.2. The van der Waals surface area contributed by atoms with Gasteiger partial charge in [0, 0.05) is 23.4 Å². The minimum absolute atomic E-state index is 0.110. The first-order valence-corrected chi connectivity index (χ1v) is 8.93. The molecule has 6 heteroatoms. The number of ether oxygens (including phenoxy) is 2. The maximum atomic E-state index is 12.7. The van der Waals surface area contributed by atoms with Crippen molar-refractivity contribution >= 4 is 23.1 Å². The highest BCUT2D eigenvalue weighted by molar-refractivity contribution is 6.05. The van der Waals surface area contributed by atoms with Gasteiger partial charge in [0.15, 0.2) is 17.3 Å². The van der Waals surface area contributed by atoms with Crippen LogP contribution in [0, 0.1) is 6.92 Å². The molecule has 2 aromatic carbocycles. The van der Waals surface area contributed by atoms with Crippen LogP contribution >= 0.6 is 0 Å². The Hall–Kier alpha value is -3.02. The number of amides is 1. The van der Waals surface area contributed by atoms with Crippen molar-refractivity contribution in [2.24, 2.45) is 0 Å². The number of Topliss-reactive ketones (excluding diaryl/α,β-unsaturated/α-hetero) is 1. The van der Waals surface area contributed by atoms with Crippen LogP contribution in [0.2, 0.25) is 0 Å². The maximum absolute atomic E-state index is 12.7. The zero-order chi connectivity index (χ0) is 19.6. The molecule has 0 radical (unpaired) electrons. The first-order valence-electron chi connectivity index (χ1n) is 8.93. The van der Waals surface area contributed by atoms with Gasteiger partial charge >= 0.3 is 0 Å². The number of carbonyl (C=O) groups is 2. The van der Waals surface area contributed by atoms with Crippen LogP contribution in [0.1, 0.15) is 36.7 Å². The molecule has 0 aromatic heterocycles. The minimum Gasteiger partial charge on any atom is -0.454 e. The number of nitrogens with zero attached hydrogens (tertiary/aromatic N) is 1. The number of fused-ring (bicyclic) bond motifs is 1. The lowest BCUT2D eigenvalue weighted by Gasteiger charge is -2.28. The number of benzene rings is 2. The van der Waals surface area contributed by atoms with Crippen molar-refractivity contribution in [1.29, 1.82) is 0 Å². The lowest BCUT2D eigenvalue weighted by molar-refractivity contribution is -0.115. The van der Waals surface area contributed by atoms with E-state index in [-0.39, 0.29) is 31.1 Å². The van der Waals surface area contributed by atoms with E-state index in [1.807, 2.05) is 49.9 Å². The molecule has 0 unspecified atom stereocenters. The van der Waals surface area contributed by atoms with Crippen molar-refractivity contribution in [3.05, 3.63) is 47.5 Å². The summed E-state index contributed by atoms with van der Waals surface area (Å²) in [5.74, 6) is 0.685. The van der Waals surface area contributed by atoms with Gasteiger partial charge in [0.2, 0.25) is 12.7 Å². The van der Waals surface area contributed by atoms with Crippen LogP contribution in [0.4, 0.5) is 11.4 Å². The number of carbonyl (C=O) groups excluding carboxylic acids is 2. The average Bonchev–Trinajstić information content (AvgIpc) is 3.07. The van der Waals surface area contributed by atoms with E-state index in [0.29, 0.717) is 22.7 Å². The molecule has 142 valence electrons. The molecule has 2 aromatic rings. The van der Waals surface area contributed by atoms with E-state index in [9.17, 15) is 9.59 Å². The summed E-state index contributed by atoms with van der Waals surface area (Å²) in [7, 11) is 0. The molecule has 0 atom stereocenters. The summed E-state index contributed by atoms with van der Waals surface area (Å²) in [5, 5.41) is 2.85. The second-order valence-electron chi connectivity index (χ2n) is 6.91. The third-order valence-electron chi connectivity index (χ3n) is 4.47. The van der Waals surface area contributed by atoms with Crippen LogP contribution < -0.4 is 19.7 Å². The Morgan fingerprint density at radius 1 is 1.11 bits per heavy atom. The van der Waals surface area contributed by atoms with Crippen molar-refractivity contribution < 1.29 is 19.1 Å². The van der Waals surface area contributed by atoms with E-state index >= 15 is 0 Å². The zero-order valence-corrected chi connectivity index (χ0v) is 16.0. The number of nitrogens with one attached hydrogen (secondary N) is 1. The quantitative estimate of drug-likeness (QED) is 0.786. The predicted molar refractivity (Wildman–Crippen MR) is 105 cm³/mol. The summed E-state index contributed by atoms with van der Waals surface area (Å²) in [5.41, 5.74) is 2.98. The monoisotopic (exact) mass is 368 g/mol. The van der Waals surface area contributed by atoms with Gasteiger partial charge in [-0.3, -0.25) is 9.59 Å². The van der Waals surface area contributed by atoms with E-state index in [4.69, 9.17) is 9.47 Å². The summed E-state index contributed by atoms with van der Waals surface area (Å²) in [6.07, 6.45) is 0. The van der Waals surface area contributed by atoms with Crippen LogP contribution in [-0.4, -0.2) is 31.1 Å². The molecule has 1 amide bonds. The third kappa shape index (κ3) is 4.22. The van der Waals surface area contributed by atoms with Gasteiger partial charge in [-0.05, 0) is 45.9 Å². The fraction of sp³-hybridized carbons (Fsp3) is 0.333. The van der Waals surface area contributed by atoms with Crippen LogP contribution in [0.3, 0.4) is 0 Å². The molecule has 0 spiro atoms. The van der Waals surface area contributed by atoms with E-state index in [1.165, 1.54) is 12.5 Å².